The van der Waals surface area contributed by atoms with Gasteiger partial charge >= 0.3 is 13.0 Å². The Hall–Kier alpha value is 1.26. The normalized spacial score (nSPS) is 11.2. The number of nitrogens with one attached hydrogen (secondary N) is 1. The maximum atomic E-state index is 5.25. The molecule has 0 spiro atoms. The molecule has 0 aromatic rings. The molecule has 1 radical (unpaired) electrons. The zero-order valence-corrected chi connectivity index (χ0v) is 7.62. The van der Waals surface area contributed by atoms with Crippen molar-refractivity contribution in [3.63, 3.8) is 0 Å². The fourth-order valence-corrected chi connectivity index (χ4v) is 0. The summed E-state index contributed by atoms with van der Waals surface area (Å²) in [5.74, 6) is 0. The van der Waals surface area contributed by atoms with Gasteiger partial charge in [-0.25, -0.2) is 0 Å². The van der Waals surface area contributed by atoms with Crippen molar-refractivity contribution in [2.24, 2.45) is 0 Å². The summed E-state index contributed by atoms with van der Waals surface area (Å²) in [6.07, 6.45) is 0. The molecule has 0 saturated carbocycles. The van der Waals surface area contributed by atoms with Crippen molar-refractivity contribution in [1.29, 1.82) is 5.31 Å². The van der Waals surface area contributed by atoms with Crippen LogP contribution in [0, 0.1) is 5.31 Å². The molecule has 0 atom stereocenters. The molecule has 1 aliphatic rings. The van der Waals surface area contributed by atoms with Crippen molar-refractivity contribution in [3.8, 4) is 0 Å². The van der Waals surface area contributed by atoms with Crippen molar-refractivity contribution in [2.45, 2.75) is 7.43 Å². The van der Waals surface area contributed by atoms with Crippen LogP contribution in [-0.4, -0.2) is 17.8 Å². The van der Waals surface area contributed by atoms with Gasteiger partial charge in [0.05, 0.1) is 5.08 Å². The second-order valence-electron chi connectivity index (χ2n) is 0.495. The molecule has 0 aromatic heterocycles. The summed E-state index contributed by atoms with van der Waals surface area (Å²) in [6, 6.07) is 0. The number of thiol groups is 2. The van der Waals surface area contributed by atoms with Gasteiger partial charge in [-0.2, -0.15) is 25.3 Å². The van der Waals surface area contributed by atoms with Gasteiger partial charge in [-0.15, -0.1) is 0 Å². The Morgan fingerprint density at radius 3 is 1.78 bits per heavy atom. The van der Waals surface area contributed by atoms with Gasteiger partial charge in [-0.3, -0.25) is 0 Å². The van der Waals surface area contributed by atoms with E-state index in [0.29, 0.717) is 5.08 Å². The summed E-state index contributed by atoms with van der Waals surface area (Å²) in [5, 5.41) is 7.22. The van der Waals surface area contributed by atoms with E-state index in [2.05, 4.69) is 32.9 Å². The minimum absolute atomic E-state index is 0. The molecule has 0 amide bonds. The summed E-state index contributed by atoms with van der Waals surface area (Å²) in [6.45, 7) is 0. The molecular formula is C3H13BNS4. The van der Waals surface area contributed by atoms with Crippen LogP contribution in [0.3, 0.4) is 0 Å². The Labute approximate surface area is 80.4 Å². The van der Waals surface area contributed by atoms with Crippen LogP contribution in [0.15, 0.2) is 0 Å². The van der Waals surface area contributed by atoms with Gasteiger partial charge in [0.1, 0.15) is 0 Å². The predicted octanol–water partition coefficient (Wildman–Crippen LogP) is 2.94. The summed E-state index contributed by atoms with van der Waals surface area (Å²) in [4.78, 5) is 0. The van der Waals surface area contributed by atoms with Crippen LogP contribution in [0.25, 0.3) is 0 Å². The molecule has 0 aromatic carbocycles. The molecule has 1 N–H and O–H groups in total. The maximum absolute atomic E-state index is 5.25. The molecule has 6 heteroatoms. The van der Waals surface area contributed by atoms with E-state index in [1.807, 2.05) is 21.6 Å². The van der Waals surface area contributed by atoms with Crippen molar-refractivity contribution in [3.05, 3.63) is 0 Å². The molecule has 0 aliphatic carbocycles. The summed E-state index contributed by atoms with van der Waals surface area (Å²) in [5.41, 5.74) is 0. The molecule has 1 saturated heterocycles. The third kappa shape index (κ3) is 95.3. The molecule has 1 rings (SSSR count). The number of hydrogen-bond acceptors (Lipinski definition) is 5. The average Bonchev–Trinajstić information content (AvgIpc) is 2.82. The zero-order chi connectivity index (χ0) is 8.83. The van der Waals surface area contributed by atoms with E-state index in [4.69, 9.17) is 8.28 Å². The van der Waals surface area contributed by atoms with E-state index >= 15 is 0 Å². The Morgan fingerprint density at radius 2 is 1.78 bits per heavy atom. The molecule has 0 unspecified atom stereocenters. The van der Waals surface area contributed by atoms with Crippen LogP contribution in [0.4, 0.5) is 0 Å². The molecule has 9 heavy (non-hydrogen) atoms. The summed E-state index contributed by atoms with van der Waals surface area (Å²) >= 11 is 7.31. The quantitative estimate of drug-likeness (QED) is 0.186. The Bertz CT molecular complexity index is 41.8. The molecule has 57 valence electrons. The first kappa shape index (κ1) is 12.9. The second kappa shape index (κ2) is 22.8. The van der Waals surface area contributed by atoms with E-state index < -0.39 is 0 Å². The molecule has 1 aliphatic heterocycles. The Kier molecular flexibility index (Phi) is 32.7. The first-order valence-electron chi connectivity index (χ1n) is 2.67. The van der Waals surface area contributed by atoms with Gasteiger partial charge in [0.2, 0.25) is 0 Å². The molecular weight excluding hydrogens is 189 g/mol. The SMILES string of the molecule is C.C1SS1.SCS.[2H][3H].[B]=N. The van der Waals surface area contributed by atoms with E-state index in [0.717, 1.165) is 0 Å². The van der Waals surface area contributed by atoms with E-state index in [-0.39, 0.29) is 7.43 Å². The van der Waals surface area contributed by atoms with Crippen molar-refractivity contribution >= 4 is 54.5 Å². The van der Waals surface area contributed by atoms with Crippen LogP contribution >= 0.6 is 46.8 Å². The van der Waals surface area contributed by atoms with E-state index in [1.54, 1.807) is 0 Å². The predicted molar refractivity (Wildman–Crippen MR) is 60.2 cm³/mol. The number of rotatable bonds is 0. The molecule has 0 bridgehead atoms. The molecule has 1 fully saturated rings. The Morgan fingerprint density at radius 1 is 1.67 bits per heavy atom. The van der Waals surface area contributed by atoms with Crippen LogP contribution in [0.1, 0.15) is 10.4 Å². The Balaban J connectivity index is -0.0000000297. The van der Waals surface area contributed by atoms with Gasteiger partial charge < -0.3 is 0 Å². The van der Waals surface area contributed by atoms with E-state index in [9.17, 15) is 0 Å². The van der Waals surface area contributed by atoms with E-state index in [1.165, 1.54) is 5.08 Å². The van der Waals surface area contributed by atoms with Crippen molar-refractivity contribution < 1.29 is 2.97 Å². The summed E-state index contributed by atoms with van der Waals surface area (Å²) < 4.78 is 10.0. The van der Waals surface area contributed by atoms with Gasteiger partial charge in [0.15, 0.2) is 0 Å². The van der Waals surface area contributed by atoms with Gasteiger partial charge in [-0.05, 0) is 0 Å². The number of hydrogen-bond donors (Lipinski definition) is 3. The van der Waals surface area contributed by atoms with Crippen LogP contribution in [0.5, 0.6) is 0 Å². The molecule has 1 heterocycles. The second-order valence-corrected chi connectivity index (χ2v) is 4.45. The van der Waals surface area contributed by atoms with Crippen LogP contribution < -0.4 is 0 Å². The summed E-state index contributed by atoms with van der Waals surface area (Å²) in [7, 11) is 7.58. The third-order valence-corrected chi connectivity index (χ3v) is 1.06. The first-order chi connectivity index (χ1) is 4.91. The van der Waals surface area contributed by atoms with Gasteiger partial charge in [0, 0.05) is 8.05 Å². The van der Waals surface area contributed by atoms with Crippen molar-refractivity contribution in [1.82, 2.24) is 0 Å². The van der Waals surface area contributed by atoms with Gasteiger partial charge in [0.25, 0.3) is 0 Å². The molecule has 1 nitrogen and oxygen atoms in total. The zero-order valence-electron chi connectivity index (χ0n) is 6.20. The monoisotopic (exact) mass is 205 g/mol. The fourth-order valence-electron chi connectivity index (χ4n) is 0. The van der Waals surface area contributed by atoms with Gasteiger partial charge in [-0.1, -0.05) is 29.0 Å². The van der Waals surface area contributed by atoms with Crippen molar-refractivity contribution in [2.75, 3.05) is 10.2 Å². The van der Waals surface area contributed by atoms with Crippen LogP contribution in [-0.2, 0) is 0 Å². The van der Waals surface area contributed by atoms with Crippen LogP contribution in [0.2, 0.25) is 0 Å². The topological polar surface area (TPSA) is 23.9 Å². The first-order valence-corrected chi connectivity index (χ1v) is 5.42. The minimum atomic E-state index is 0. The average molecular weight is 205 g/mol. The fraction of sp³-hybridized carbons (Fsp3) is 1.00. The standard InChI is InChI=1S/CH2S2.CH4S2.CH4.BHN.H2/c1-2-3-1;2-1-3;;1-2;/h1H2;2-3H,1H2;1H4;2H;1H/i;;;;1+2D. The third-order valence-electron chi connectivity index (χ3n) is 0.118.